The topological polar surface area (TPSA) is 72.3 Å². The van der Waals surface area contributed by atoms with Crippen LogP contribution in [0.2, 0.25) is 5.28 Å². The van der Waals surface area contributed by atoms with Crippen molar-refractivity contribution in [1.29, 1.82) is 0 Å². The number of halogens is 1. The number of nitrogens with one attached hydrogen (secondary N) is 1. The van der Waals surface area contributed by atoms with E-state index in [4.69, 9.17) is 21.6 Å². The van der Waals surface area contributed by atoms with Crippen LogP contribution in [0.1, 0.15) is 87.9 Å². The molecule has 4 heterocycles. The van der Waals surface area contributed by atoms with Crippen LogP contribution in [0.15, 0.2) is 255 Å². The number of hydrogen-bond acceptors (Lipinski definition) is 4. The van der Waals surface area contributed by atoms with Gasteiger partial charge in [0.05, 0.1) is 33.5 Å². The van der Waals surface area contributed by atoms with E-state index < -0.39 is 0 Å². The third-order valence-corrected chi connectivity index (χ3v) is 26.1. The molecule has 2 spiro atoms. The summed E-state index contributed by atoms with van der Waals surface area (Å²) in [5.41, 5.74) is 23.6. The molecular weight excluding hydrogens is 1260 g/mol. The molecule has 12 aromatic carbocycles. The van der Waals surface area contributed by atoms with Crippen LogP contribution in [0, 0.1) is 47.3 Å². The van der Waals surface area contributed by atoms with Gasteiger partial charge in [0.2, 0.25) is 11.2 Å². The van der Waals surface area contributed by atoms with Gasteiger partial charge >= 0.3 is 51.4 Å². The van der Waals surface area contributed by atoms with Crippen LogP contribution in [0.3, 0.4) is 0 Å². The molecule has 0 aliphatic heterocycles. The predicted octanol–water partition coefficient (Wildman–Crippen LogP) is 20.5. The van der Waals surface area contributed by atoms with Gasteiger partial charge in [-0.2, -0.15) is 0 Å². The summed E-state index contributed by atoms with van der Waals surface area (Å²) >= 11 is 6.15. The van der Waals surface area contributed by atoms with Gasteiger partial charge in [-0.25, -0.2) is 19.9 Å². The second-order valence-corrected chi connectivity index (χ2v) is 31.0. The maximum Gasteiger partial charge on any atom is 1.00 e. The zero-order valence-electron chi connectivity index (χ0n) is 57.1. The van der Waals surface area contributed by atoms with E-state index in [9.17, 15) is 0 Å². The summed E-state index contributed by atoms with van der Waals surface area (Å²) in [5, 5.41) is 12.3. The maximum absolute atomic E-state index is 6.15. The molecule has 26 rings (SSSR count). The zero-order chi connectivity index (χ0) is 64.8. The van der Waals surface area contributed by atoms with Gasteiger partial charge in [-0.05, 0) is 227 Å². The van der Waals surface area contributed by atoms with Crippen molar-refractivity contribution in [1.82, 2.24) is 29.5 Å². The summed E-state index contributed by atoms with van der Waals surface area (Å²) in [5.74, 6) is 7.67. The molecule has 0 saturated heterocycles. The van der Waals surface area contributed by atoms with Gasteiger partial charge in [0, 0.05) is 76.1 Å². The van der Waals surface area contributed by atoms with Crippen molar-refractivity contribution in [3.8, 4) is 50.7 Å². The molecule has 0 unspecified atom stereocenters. The molecule has 16 aromatic rings. The fourth-order valence-corrected chi connectivity index (χ4v) is 22.9. The van der Waals surface area contributed by atoms with Gasteiger partial charge in [0.1, 0.15) is 0 Å². The molecule has 4 aromatic heterocycles. The summed E-state index contributed by atoms with van der Waals surface area (Å²) < 4.78 is 2.38. The average molecular weight is 1340 g/mol. The molecule has 6 nitrogen and oxygen atoms in total. The quantitative estimate of drug-likeness (QED) is 0.109. The molecule has 0 atom stereocenters. The van der Waals surface area contributed by atoms with Crippen molar-refractivity contribution >= 4 is 98.6 Å². The van der Waals surface area contributed by atoms with E-state index in [1.54, 1.807) is 22.3 Å². The third kappa shape index (κ3) is 8.69. The van der Waals surface area contributed by atoms with Crippen molar-refractivity contribution in [3.63, 3.8) is 0 Å². The van der Waals surface area contributed by atoms with E-state index in [0.29, 0.717) is 0 Å². The molecule has 8 fully saturated rings. The van der Waals surface area contributed by atoms with Crippen LogP contribution >= 0.6 is 11.6 Å². The number of aromatic amines is 1. The molecule has 10 aliphatic rings. The molecule has 10 aliphatic carbocycles. The van der Waals surface area contributed by atoms with E-state index in [2.05, 4.69) is 232 Å². The first-order chi connectivity index (χ1) is 48.9. The van der Waals surface area contributed by atoms with Crippen molar-refractivity contribution in [2.24, 2.45) is 47.3 Å². The first-order valence-electron chi connectivity index (χ1n) is 36.4. The number of fused-ring (bicyclic) bond motifs is 18. The summed E-state index contributed by atoms with van der Waals surface area (Å²) in [6.07, 6.45) is 14.3. The fourth-order valence-electron chi connectivity index (χ4n) is 22.7. The third-order valence-electron chi connectivity index (χ3n) is 26.0. The van der Waals surface area contributed by atoms with Crippen molar-refractivity contribution in [2.45, 2.75) is 75.0 Å². The molecule has 1 N–H and O–H groups in total. The summed E-state index contributed by atoms with van der Waals surface area (Å²) in [7, 11) is 0. The smallest absolute Gasteiger partial charge is 1.00 e. The SMILES string of the molecule is Clc1nc(-c2ccccc2)c2ccc3ccccc3c2n1.[H-].[K+].c1ccc(-c2nc(-n3c4ccccc4c4cc5c(cc43)C3(c4ccccc4-5)C4CC5CC(C4)CC3C5)nc3c2ccc2ccccc23)cc1.c1ccc2c(c1)-c1cc3c(cc1C21C2CC4CC(C2)CC1C4)[nH]c1ccccc13. The van der Waals surface area contributed by atoms with Crippen LogP contribution in [-0.2, 0) is 10.8 Å². The second kappa shape index (κ2) is 22.9. The van der Waals surface area contributed by atoms with Crippen molar-refractivity contribution in [3.05, 3.63) is 282 Å². The van der Waals surface area contributed by atoms with Crippen LogP contribution in [-0.4, -0.2) is 29.5 Å². The van der Waals surface area contributed by atoms with Crippen LogP contribution in [0.4, 0.5) is 0 Å². The number of para-hydroxylation sites is 2. The average Bonchev–Trinajstić information content (AvgIpc) is 1.54. The van der Waals surface area contributed by atoms with Crippen molar-refractivity contribution < 1.29 is 52.8 Å². The zero-order valence-corrected chi connectivity index (χ0v) is 59.9. The van der Waals surface area contributed by atoms with Gasteiger partial charge in [0.25, 0.3) is 0 Å². The van der Waals surface area contributed by atoms with E-state index in [1.165, 1.54) is 130 Å². The van der Waals surface area contributed by atoms with E-state index >= 15 is 0 Å². The largest absolute Gasteiger partial charge is 1.00 e. The van der Waals surface area contributed by atoms with Crippen LogP contribution in [0.25, 0.3) is 138 Å². The molecular formula is C92H72ClKN6. The monoisotopic (exact) mass is 1330 g/mol. The predicted molar refractivity (Wildman–Crippen MR) is 408 cm³/mol. The molecule has 100 heavy (non-hydrogen) atoms. The Labute approximate surface area is 630 Å². The van der Waals surface area contributed by atoms with Gasteiger partial charge < -0.3 is 6.41 Å². The number of H-pyrrole nitrogens is 1. The number of benzene rings is 12. The Balaban J connectivity index is 0.000000112. The molecule has 8 saturated carbocycles. The minimum absolute atomic E-state index is 0. The normalized spacial score (nSPS) is 24.2. The van der Waals surface area contributed by atoms with E-state index in [-0.39, 0.29) is 68.9 Å². The van der Waals surface area contributed by atoms with E-state index in [1.807, 2.05) is 42.5 Å². The standard InChI is InChI=1S/C46H35N3.C28H25N.C18H11ClN2.K.H/c1-2-11-30(12-3-1)43-36-19-18-29-10-4-5-13-33(29)44(36)48-45(47-43)49-41-17-9-7-15-35(41)38-25-37-34-14-6-8-16-39(34)46(40(37)26-42(38)49)31-21-27-20-28(23-31)24-32(46)22-27;1-3-7-24-20(5-1)22-14-23-21-6-2-4-8-26(21)29-27(23)15-25(22)28(24)18-10-16-9-17(12-18)13-19(28)11-16;19-18-20-16(13-7-2-1-3-8-13)15-11-10-12-6-4-5-9-14(12)17(15)21-18;;/h1-19,25-28,31-32H,20-24H2;1-8,14-19,29H,9-13H2;1-11H;;/q;;;+1;-1. The first kappa shape index (κ1) is 60.2. The molecule has 8 bridgehead atoms. The van der Waals surface area contributed by atoms with Crippen LogP contribution in [0.5, 0.6) is 0 Å². The minimum atomic E-state index is 0. The number of rotatable bonds is 3. The number of nitrogens with zero attached hydrogens (tertiary/aromatic N) is 5. The Morgan fingerprint density at radius 3 is 1.35 bits per heavy atom. The van der Waals surface area contributed by atoms with Crippen molar-refractivity contribution in [2.75, 3.05) is 0 Å². The minimum Gasteiger partial charge on any atom is -1.00 e. The molecule has 0 amide bonds. The van der Waals surface area contributed by atoms with Gasteiger partial charge in [-0.1, -0.05) is 206 Å². The Morgan fingerprint density at radius 2 is 0.780 bits per heavy atom. The Bertz CT molecular complexity index is 6020. The number of hydrogen-bond donors (Lipinski definition) is 1. The van der Waals surface area contributed by atoms with Gasteiger partial charge in [-0.3, -0.25) is 4.57 Å². The molecule has 0 radical (unpaired) electrons. The summed E-state index contributed by atoms with van der Waals surface area (Å²) in [4.78, 5) is 23.6. The molecule has 8 heteroatoms. The summed E-state index contributed by atoms with van der Waals surface area (Å²) in [6, 6.07) is 92.8. The fraction of sp³-hybridized carbons (Fsp3) is 0.217. The Morgan fingerprint density at radius 1 is 0.330 bits per heavy atom. The Kier molecular flexibility index (Phi) is 13.8. The Hall–Kier alpha value is -8.63. The van der Waals surface area contributed by atoms with Gasteiger partial charge in [-0.15, -0.1) is 0 Å². The molecule has 478 valence electrons. The van der Waals surface area contributed by atoms with E-state index in [0.717, 1.165) is 119 Å². The maximum atomic E-state index is 6.15. The number of aromatic nitrogens is 6. The van der Waals surface area contributed by atoms with Crippen LogP contribution < -0.4 is 51.4 Å². The second-order valence-electron chi connectivity index (χ2n) is 30.6. The summed E-state index contributed by atoms with van der Waals surface area (Å²) in [6.45, 7) is 0. The van der Waals surface area contributed by atoms with Gasteiger partial charge in [0.15, 0.2) is 0 Å². The first-order valence-corrected chi connectivity index (χ1v) is 36.8.